The number of piperidine rings is 1. The number of nitrogens with zero attached hydrogens (tertiary/aromatic N) is 2. The third kappa shape index (κ3) is 4.55. The van der Waals surface area contributed by atoms with E-state index in [1.54, 1.807) is 17.1 Å². The Bertz CT molecular complexity index is 713. The van der Waals surface area contributed by atoms with E-state index < -0.39 is 15.8 Å². The predicted octanol–water partition coefficient (Wildman–Crippen LogP) is 2.43. The second-order valence-electron chi connectivity index (χ2n) is 5.95. The van der Waals surface area contributed by atoms with Gasteiger partial charge in [-0.2, -0.15) is 4.31 Å². The molecule has 5 nitrogen and oxygen atoms in total. The molecule has 0 N–H and O–H groups in total. The Morgan fingerprint density at radius 2 is 1.68 bits per heavy atom. The summed E-state index contributed by atoms with van der Waals surface area (Å²) in [7, 11) is -3.66. The fourth-order valence-corrected chi connectivity index (χ4v) is 4.39. The van der Waals surface area contributed by atoms with Gasteiger partial charge in [-0.25, -0.2) is 12.8 Å². The Hall–Kier alpha value is -1.99. The lowest BCUT2D eigenvalue weighted by Gasteiger charge is -2.33. The lowest BCUT2D eigenvalue weighted by Crippen LogP contribution is -2.44. The topological polar surface area (TPSA) is 57.7 Å². The molecule has 0 unspecified atom stereocenters. The van der Waals surface area contributed by atoms with Crippen molar-refractivity contribution in [3.63, 3.8) is 0 Å². The van der Waals surface area contributed by atoms with E-state index in [9.17, 15) is 17.6 Å². The van der Waals surface area contributed by atoms with Gasteiger partial charge in [-0.3, -0.25) is 4.79 Å². The SMILES string of the molecule is C=CCN(CC=C)C(=O)C1CCN(S(=O)(=O)c2ccc(F)cc2)CC1. The van der Waals surface area contributed by atoms with Crippen LogP contribution in [0.3, 0.4) is 0 Å². The molecule has 1 amide bonds. The predicted molar refractivity (Wildman–Crippen MR) is 94.9 cm³/mol. The fraction of sp³-hybridized carbons (Fsp3) is 0.389. The molecule has 2 rings (SSSR count). The Labute approximate surface area is 148 Å². The quantitative estimate of drug-likeness (QED) is 0.697. The molecular weight excluding hydrogens is 343 g/mol. The fourth-order valence-electron chi connectivity index (χ4n) is 2.92. The van der Waals surface area contributed by atoms with Gasteiger partial charge in [0.2, 0.25) is 15.9 Å². The lowest BCUT2D eigenvalue weighted by atomic mass is 9.96. The minimum Gasteiger partial charge on any atom is -0.335 e. The van der Waals surface area contributed by atoms with Gasteiger partial charge in [0.05, 0.1) is 4.90 Å². The first-order valence-electron chi connectivity index (χ1n) is 8.16. The first-order valence-corrected chi connectivity index (χ1v) is 9.60. The van der Waals surface area contributed by atoms with Crippen molar-refractivity contribution >= 4 is 15.9 Å². The van der Waals surface area contributed by atoms with Crippen LogP contribution in [0, 0.1) is 11.7 Å². The van der Waals surface area contributed by atoms with Gasteiger partial charge in [-0.1, -0.05) is 12.2 Å². The van der Waals surface area contributed by atoms with Gasteiger partial charge in [0.25, 0.3) is 0 Å². The molecule has 1 aliphatic rings. The molecule has 1 aliphatic heterocycles. The van der Waals surface area contributed by atoms with Gasteiger partial charge in [0, 0.05) is 32.1 Å². The van der Waals surface area contributed by atoms with Crippen molar-refractivity contribution in [3.8, 4) is 0 Å². The summed E-state index contributed by atoms with van der Waals surface area (Å²) in [5.41, 5.74) is 0. The number of rotatable bonds is 7. The molecule has 25 heavy (non-hydrogen) atoms. The van der Waals surface area contributed by atoms with Gasteiger partial charge in [-0.15, -0.1) is 13.2 Å². The van der Waals surface area contributed by atoms with Gasteiger partial charge < -0.3 is 4.90 Å². The first kappa shape index (κ1) is 19.3. The van der Waals surface area contributed by atoms with Crippen LogP contribution in [0.1, 0.15) is 12.8 Å². The van der Waals surface area contributed by atoms with Crippen LogP contribution >= 0.6 is 0 Å². The minimum absolute atomic E-state index is 0.00127. The highest BCUT2D eigenvalue weighted by Gasteiger charge is 2.33. The number of benzene rings is 1. The third-order valence-electron chi connectivity index (χ3n) is 4.27. The van der Waals surface area contributed by atoms with Crippen LogP contribution in [-0.2, 0) is 14.8 Å². The number of hydrogen-bond donors (Lipinski definition) is 0. The lowest BCUT2D eigenvalue weighted by molar-refractivity contribution is -0.135. The number of carbonyl (C=O) groups is 1. The summed E-state index contributed by atoms with van der Waals surface area (Å²) in [5, 5.41) is 0. The third-order valence-corrected chi connectivity index (χ3v) is 6.18. The van der Waals surface area contributed by atoms with Crippen LogP contribution in [0.2, 0.25) is 0 Å². The zero-order valence-electron chi connectivity index (χ0n) is 14.1. The largest absolute Gasteiger partial charge is 0.335 e. The van der Waals surface area contributed by atoms with E-state index in [4.69, 9.17) is 0 Å². The van der Waals surface area contributed by atoms with E-state index in [0.717, 1.165) is 12.1 Å². The zero-order valence-corrected chi connectivity index (χ0v) is 14.9. The Balaban J connectivity index is 2.03. The molecule has 0 spiro atoms. The van der Waals surface area contributed by atoms with Crippen LogP contribution < -0.4 is 0 Å². The van der Waals surface area contributed by atoms with E-state index in [1.807, 2.05) is 0 Å². The summed E-state index contributed by atoms with van der Waals surface area (Å²) in [6.45, 7) is 8.73. The Morgan fingerprint density at radius 1 is 1.16 bits per heavy atom. The molecule has 136 valence electrons. The molecule has 0 bridgehead atoms. The van der Waals surface area contributed by atoms with Crippen LogP contribution in [0.25, 0.3) is 0 Å². The average Bonchev–Trinajstić information content (AvgIpc) is 2.61. The van der Waals surface area contributed by atoms with Crippen molar-refractivity contribution in [1.29, 1.82) is 0 Å². The van der Waals surface area contributed by atoms with Crippen LogP contribution in [0.15, 0.2) is 54.5 Å². The Kier molecular flexibility index (Phi) is 6.50. The smallest absolute Gasteiger partial charge is 0.243 e. The van der Waals surface area contributed by atoms with Crippen LogP contribution in [-0.4, -0.2) is 49.7 Å². The molecule has 0 atom stereocenters. The van der Waals surface area contributed by atoms with E-state index >= 15 is 0 Å². The maximum Gasteiger partial charge on any atom is 0.243 e. The van der Waals surface area contributed by atoms with E-state index in [1.165, 1.54) is 16.4 Å². The number of carbonyl (C=O) groups excluding carboxylic acids is 1. The summed E-state index contributed by atoms with van der Waals surface area (Å²) in [4.78, 5) is 14.3. The number of sulfonamides is 1. The van der Waals surface area contributed by atoms with Crippen molar-refractivity contribution in [2.24, 2.45) is 5.92 Å². The normalized spacial score (nSPS) is 16.4. The standard InChI is InChI=1S/C18H23FN2O3S/c1-3-11-20(12-4-2)18(22)15-9-13-21(14-10-15)25(23,24)17-7-5-16(19)6-8-17/h3-8,15H,1-2,9-14H2. The second kappa shape index (κ2) is 8.40. The summed E-state index contributed by atoms with van der Waals surface area (Å²) in [6.07, 6.45) is 4.25. The van der Waals surface area contributed by atoms with Gasteiger partial charge >= 0.3 is 0 Å². The summed E-state index contributed by atoms with van der Waals surface area (Å²) in [5.74, 6) is -0.689. The monoisotopic (exact) mass is 366 g/mol. The molecule has 1 aromatic rings. The minimum atomic E-state index is -3.66. The number of halogens is 1. The molecule has 1 heterocycles. The van der Waals surface area contributed by atoms with Crippen molar-refractivity contribution in [3.05, 3.63) is 55.4 Å². The van der Waals surface area contributed by atoms with Crippen LogP contribution in [0.4, 0.5) is 4.39 Å². The van der Waals surface area contributed by atoms with E-state index in [0.29, 0.717) is 25.9 Å². The van der Waals surface area contributed by atoms with Crippen molar-refractivity contribution in [2.45, 2.75) is 17.7 Å². The molecule has 1 aromatic carbocycles. The maximum atomic E-state index is 13.0. The van der Waals surface area contributed by atoms with E-state index in [2.05, 4.69) is 13.2 Å². The second-order valence-corrected chi connectivity index (χ2v) is 7.89. The maximum absolute atomic E-state index is 13.0. The Morgan fingerprint density at radius 3 is 2.16 bits per heavy atom. The number of amides is 1. The molecule has 0 radical (unpaired) electrons. The molecule has 0 saturated carbocycles. The molecule has 1 fully saturated rings. The zero-order chi connectivity index (χ0) is 18.4. The highest BCUT2D eigenvalue weighted by molar-refractivity contribution is 7.89. The van der Waals surface area contributed by atoms with Crippen molar-refractivity contribution in [2.75, 3.05) is 26.2 Å². The van der Waals surface area contributed by atoms with Gasteiger partial charge in [0.15, 0.2) is 0 Å². The molecular formula is C18H23FN2O3S. The van der Waals surface area contributed by atoms with Crippen molar-refractivity contribution < 1.29 is 17.6 Å². The summed E-state index contributed by atoms with van der Waals surface area (Å²) >= 11 is 0. The summed E-state index contributed by atoms with van der Waals surface area (Å²) in [6, 6.07) is 4.78. The van der Waals surface area contributed by atoms with E-state index in [-0.39, 0.29) is 29.8 Å². The average molecular weight is 366 g/mol. The van der Waals surface area contributed by atoms with Gasteiger partial charge in [0.1, 0.15) is 5.82 Å². The molecule has 0 aromatic heterocycles. The van der Waals surface area contributed by atoms with Crippen LogP contribution in [0.5, 0.6) is 0 Å². The highest BCUT2D eigenvalue weighted by atomic mass is 32.2. The molecule has 1 saturated heterocycles. The molecule has 7 heteroatoms. The number of hydrogen-bond acceptors (Lipinski definition) is 3. The highest BCUT2D eigenvalue weighted by Crippen LogP contribution is 2.25. The molecule has 0 aliphatic carbocycles. The van der Waals surface area contributed by atoms with Gasteiger partial charge in [-0.05, 0) is 37.1 Å². The first-order chi connectivity index (χ1) is 11.9. The van der Waals surface area contributed by atoms with Crippen molar-refractivity contribution in [1.82, 2.24) is 9.21 Å². The summed E-state index contributed by atoms with van der Waals surface area (Å²) < 4.78 is 39.5.